The van der Waals surface area contributed by atoms with Gasteiger partial charge in [-0.05, 0) is 18.4 Å². The summed E-state index contributed by atoms with van der Waals surface area (Å²) < 4.78 is 17.2. The van der Waals surface area contributed by atoms with Crippen molar-refractivity contribution in [2.75, 3.05) is 11.1 Å². The SMILES string of the molecule is Cc1cc(NC(=O)CS(=O)c2cccs2)no1. The lowest BCUT2D eigenvalue weighted by atomic mass is 10.5. The molecular weight excluding hydrogens is 260 g/mol. The Morgan fingerprint density at radius 1 is 1.65 bits per heavy atom. The number of hydrogen-bond acceptors (Lipinski definition) is 5. The molecule has 7 heteroatoms. The van der Waals surface area contributed by atoms with Crippen molar-refractivity contribution in [3.05, 3.63) is 29.3 Å². The van der Waals surface area contributed by atoms with Crippen LogP contribution in [-0.2, 0) is 15.6 Å². The first-order valence-electron chi connectivity index (χ1n) is 4.80. The number of hydrogen-bond donors (Lipinski definition) is 1. The van der Waals surface area contributed by atoms with Crippen molar-refractivity contribution in [3.63, 3.8) is 0 Å². The van der Waals surface area contributed by atoms with Gasteiger partial charge in [-0.2, -0.15) is 0 Å². The molecule has 0 spiro atoms. The highest BCUT2D eigenvalue weighted by molar-refractivity contribution is 7.88. The van der Waals surface area contributed by atoms with Crippen LogP contribution in [0.4, 0.5) is 5.82 Å². The second-order valence-corrected chi connectivity index (χ2v) is 5.92. The summed E-state index contributed by atoms with van der Waals surface area (Å²) in [6, 6.07) is 5.15. The number of anilines is 1. The van der Waals surface area contributed by atoms with E-state index in [9.17, 15) is 9.00 Å². The number of aryl methyl sites for hydroxylation is 1. The first kappa shape index (κ1) is 12.0. The fraction of sp³-hybridized carbons (Fsp3) is 0.200. The highest BCUT2D eigenvalue weighted by Crippen LogP contribution is 2.14. The fourth-order valence-electron chi connectivity index (χ4n) is 1.19. The molecule has 0 fully saturated rings. The van der Waals surface area contributed by atoms with E-state index < -0.39 is 10.8 Å². The maximum absolute atomic E-state index is 11.7. The van der Waals surface area contributed by atoms with Crippen LogP contribution in [0, 0.1) is 6.92 Å². The Bertz CT molecular complexity index is 534. The molecule has 1 N–H and O–H groups in total. The molecule has 2 aromatic heterocycles. The average molecular weight is 270 g/mol. The molecule has 1 atom stereocenters. The van der Waals surface area contributed by atoms with Crippen LogP contribution in [0.1, 0.15) is 5.76 Å². The molecule has 2 aromatic rings. The van der Waals surface area contributed by atoms with Gasteiger partial charge in [0.05, 0.1) is 15.0 Å². The van der Waals surface area contributed by atoms with E-state index in [0.29, 0.717) is 15.8 Å². The first-order chi connectivity index (χ1) is 8.15. The van der Waals surface area contributed by atoms with Crippen LogP contribution in [0.15, 0.2) is 32.3 Å². The van der Waals surface area contributed by atoms with Crippen LogP contribution in [0.2, 0.25) is 0 Å². The second kappa shape index (κ2) is 5.24. The highest BCUT2D eigenvalue weighted by atomic mass is 32.2. The number of carbonyl (C=O) groups excluding carboxylic acids is 1. The molecule has 0 radical (unpaired) electrons. The van der Waals surface area contributed by atoms with Crippen LogP contribution >= 0.6 is 11.3 Å². The smallest absolute Gasteiger partial charge is 0.238 e. The molecule has 2 heterocycles. The summed E-state index contributed by atoms with van der Waals surface area (Å²) in [5.74, 6) is 0.535. The van der Waals surface area contributed by atoms with Gasteiger partial charge in [-0.1, -0.05) is 11.2 Å². The zero-order chi connectivity index (χ0) is 12.3. The average Bonchev–Trinajstić information content (AvgIpc) is 2.89. The molecule has 0 aromatic carbocycles. The molecule has 17 heavy (non-hydrogen) atoms. The van der Waals surface area contributed by atoms with E-state index in [1.807, 2.05) is 5.38 Å². The zero-order valence-electron chi connectivity index (χ0n) is 9.00. The van der Waals surface area contributed by atoms with Gasteiger partial charge in [0, 0.05) is 6.07 Å². The number of amides is 1. The van der Waals surface area contributed by atoms with Crippen molar-refractivity contribution in [1.29, 1.82) is 0 Å². The van der Waals surface area contributed by atoms with Crippen molar-refractivity contribution >= 4 is 33.9 Å². The minimum absolute atomic E-state index is 0.0770. The van der Waals surface area contributed by atoms with E-state index in [-0.39, 0.29) is 11.7 Å². The quantitative estimate of drug-likeness (QED) is 0.919. The van der Waals surface area contributed by atoms with Gasteiger partial charge in [0.1, 0.15) is 11.5 Å². The summed E-state index contributed by atoms with van der Waals surface area (Å²) in [5, 5.41) is 7.97. The molecule has 5 nitrogen and oxygen atoms in total. The van der Waals surface area contributed by atoms with E-state index in [1.54, 1.807) is 25.1 Å². The van der Waals surface area contributed by atoms with Gasteiger partial charge < -0.3 is 9.84 Å². The van der Waals surface area contributed by atoms with E-state index in [2.05, 4.69) is 10.5 Å². The molecular formula is C10H10N2O3S2. The lowest BCUT2D eigenvalue weighted by molar-refractivity contribution is -0.113. The lowest BCUT2D eigenvalue weighted by Gasteiger charge is -1.99. The Hall–Kier alpha value is -1.47. The summed E-state index contributed by atoms with van der Waals surface area (Å²) in [5.41, 5.74) is 0. The van der Waals surface area contributed by atoms with Crippen LogP contribution in [-0.4, -0.2) is 21.0 Å². The molecule has 2 rings (SSSR count). The normalized spacial score (nSPS) is 12.3. The van der Waals surface area contributed by atoms with E-state index in [1.165, 1.54) is 11.3 Å². The molecule has 90 valence electrons. The monoisotopic (exact) mass is 270 g/mol. The molecule has 0 saturated heterocycles. The van der Waals surface area contributed by atoms with Gasteiger partial charge in [-0.25, -0.2) is 0 Å². The lowest BCUT2D eigenvalue weighted by Crippen LogP contribution is -2.19. The third-order valence-electron chi connectivity index (χ3n) is 1.88. The Kier molecular flexibility index (Phi) is 3.70. The standard InChI is InChI=1S/C10H10N2O3S2/c1-7-5-8(12-15-7)11-9(13)6-17(14)10-3-2-4-16-10/h2-5H,6H2,1H3,(H,11,12,13). The van der Waals surface area contributed by atoms with E-state index in [4.69, 9.17) is 4.52 Å². The Labute approximate surface area is 104 Å². The third-order valence-corrected chi connectivity index (χ3v) is 4.49. The minimum Gasteiger partial charge on any atom is -0.360 e. The van der Waals surface area contributed by atoms with Crippen LogP contribution in [0.3, 0.4) is 0 Å². The van der Waals surface area contributed by atoms with Gasteiger partial charge in [-0.3, -0.25) is 9.00 Å². The molecule has 0 bridgehead atoms. The summed E-state index contributed by atoms with van der Waals surface area (Å²) in [4.78, 5) is 11.5. The summed E-state index contributed by atoms with van der Waals surface area (Å²) in [7, 11) is -1.30. The summed E-state index contributed by atoms with van der Waals surface area (Å²) in [6.07, 6.45) is 0. The summed E-state index contributed by atoms with van der Waals surface area (Å²) >= 11 is 1.37. The minimum atomic E-state index is -1.30. The zero-order valence-corrected chi connectivity index (χ0v) is 10.6. The van der Waals surface area contributed by atoms with Crippen molar-refractivity contribution in [2.24, 2.45) is 0 Å². The highest BCUT2D eigenvalue weighted by Gasteiger charge is 2.12. The van der Waals surface area contributed by atoms with Crippen LogP contribution in [0.25, 0.3) is 0 Å². The first-order valence-corrected chi connectivity index (χ1v) is 7.00. The fourth-order valence-corrected chi connectivity index (χ4v) is 3.09. The maximum atomic E-state index is 11.7. The maximum Gasteiger partial charge on any atom is 0.238 e. The second-order valence-electron chi connectivity index (χ2n) is 3.29. The molecule has 0 saturated carbocycles. The van der Waals surface area contributed by atoms with Crippen molar-refractivity contribution in [1.82, 2.24) is 5.16 Å². The number of thiophene rings is 1. The van der Waals surface area contributed by atoms with Gasteiger partial charge in [-0.15, -0.1) is 11.3 Å². The van der Waals surface area contributed by atoms with Gasteiger partial charge in [0.25, 0.3) is 0 Å². The molecule has 1 unspecified atom stereocenters. The number of aromatic nitrogens is 1. The van der Waals surface area contributed by atoms with Crippen molar-refractivity contribution in [2.45, 2.75) is 11.1 Å². The Balaban J connectivity index is 1.92. The number of nitrogens with one attached hydrogen (secondary N) is 1. The largest absolute Gasteiger partial charge is 0.360 e. The number of rotatable bonds is 4. The van der Waals surface area contributed by atoms with Gasteiger partial charge >= 0.3 is 0 Å². The Morgan fingerprint density at radius 2 is 2.47 bits per heavy atom. The summed E-state index contributed by atoms with van der Waals surface area (Å²) in [6.45, 7) is 1.73. The number of carbonyl (C=O) groups is 1. The molecule has 0 aliphatic rings. The number of nitrogens with zero attached hydrogens (tertiary/aromatic N) is 1. The molecule has 0 aliphatic carbocycles. The predicted molar refractivity (Wildman–Crippen MR) is 65.5 cm³/mol. The topological polar surface area (TPSA) is 72.2 Å². The predicted octanol–water partition coefficient (Wildman–Crippen LogP) is 1.79. The molecule has 1 amide bonds. The van der Waals surface area contributed by atoms with E-state index >= 15 is 0 Å². The molecule has 0 aliphatic heterocycles. The van der Waals surface area contributed by atoms with Crippen molar-refractivity contribution < 1.29 is 13.5 Å². The van der Waals surface area contributed by atoms with Gasteiger partial charge in [0.2, 0.25) is 5.91 Å². The van der Waals surface area contributed by atoms with E-state index in [0.717, 1.165) is 0 Å². The van der Waals surface area contributed by atoms with Crippen molar-refractivity contribution in [3.8, 4) is 0 Å². The Morgan fingerprint density at radius 3 is 3.06 bits per heavy atom. The van der Waals surface area contributed by atoms with Gasteiger partial charge in [0.15, 0.2) is 5.82 Å². The third kappa shape index (κ3) is 3.24. The van der Waals surface area contributed by atoms with Crippen LogP contribution < -0.4 is 5.32 Å². The van der Waals surface area contributed by atoms with Crippen LogP contribution in [0.5, 0.6) is 0 Å².